The lowest BCUT2D eigenvalue weighted by Gasteiger charge is -2.14. The van der Waals surface area contributed by atoms with E-state index in [1.165, 1.54) is 0 Å². The van der Waals surface area contributed by atoms with Crippen LogP contribution in [0.4, 0.5) is 0 Å². The van der Waals surface area contributed by atoms with Crippen molar-refractivity contribution in [3.05, 3.63) is 0 Å². The maximum absolute atomic E-state index is 11.6. The topological polar surface area (TPSA) is 151 Å². The zero-order chi connectivity index (χ0) is 15.1. The molecule has 6 N–H and O–H groups in total. The Kier molecular flexibility index (Phi) is 5.91. The zero-order valence-corrected chi connectivity index (χ0v) is 10.8. The molecular formula is C11H18N4O5. The number of nitrogens with two attached hydrogens (primary N) is 1. The number of carbonyl (C=O) groups is 4. The van der Waals surface area contributed by atoms with E-state index in [1.807, 2.05) is 0 Å². The summed E-state index contributed by atoms with van der Waals surface area (Å²) in [5.74, 6) is -3.19. The molecule has 0 spiro atoms. The Hall–Kier alpha value is -2.16. The highest BCUT2D eigenvalue weighted by atomic mass is 16.4. The van der Waals surface area contributed by atoms with E-state index in [4.69, 9.17) is 10.8 Å². The number of hydrogen-bond acceptors (Lipinski definition) is 5. The lowest BCUT2D eigenvalue weighted by Crippen LogP contribution is -2.49. The summed E-state index contributed by atoms with van der Waals surface area (Å²) in [7, 11) is 0. The van der Waals surface area contributed by atoms with Crippen LogP contribution in [0.2, 0.25) is 0 Å². The van der Waals surface area contributed by atoms with Crippen LogP contribution < -0.4 is 21.7 Å². The number of primary amides is 1. The van der Waals surface area contributed by atoms with Crippen LogP contribution in [0.25, 0.3) is 0 Å². The van der Waals surface area contributed by atoms with E-state index in [0.717, 1.165) is 13.0 Å². The number of carboxylic acids is 1. The van der Waals surface area contributed by atoms with Crippen molar-refractivity contribution in [2.75, 3.05) is 13.1 Å². The number of rotatable bonds is 7. The van der Waals surface area contributed by atoms with Gasteiger partial charge in [0.05, 0.1) is 19.0 Å². The second-order valence-corrected chi connectivity index (χ2v) is 4.50. The molecule has 0 saturated carbocycles. The van der Waals surface area contributed by atoms with Crippen LogP contribution in [0.1, 0.15) is 19.3 Å². The highest BCUT2D eigenvalue weighted by molar-refractivity contribution is 5.91. The summed E-state index contributed by atoms with van der Waals surface area (Å²) in [6.07, 6.45) is 1.09. The van der Waals surface area contributed by atoms with Crippen LogP contribution in [0, 0.1) is 0 Å². The highest BCUT2D eigenvalue weighted by Crippen LogP contribution is 2.04. The fraction of sp³-hybridized carbons (Fsp3) is 0.636. The van der Waals surface area contributed by atoms with Crippen molar-refractivity contribution in [1.29, 1.82) is 0 Å². The summed E-state index contributed by atoms with van der Waals surface area (Å²) >= 11 is 0. The summed E-state index contributed by atoms with van der Waals surface area (Å²) in [4.78, 5) is 44.6. The van der Waals surface area contributed by atoms with Gasteiger partial charge in [0.2, 0.25) is 17.7 Å². The molecule has 3 amide bonds. The minimum Gasteiger partial charge on any atom is -0.480 e. The van der Waals surface area contributed by atoms with Crippen molar-refractivity contribution < 1.29 is 24.3 Å². The molecule has 1 aliphatic rings. The number of aliphatic carboxylic acids is 1. The Labute approximate surface area is 115 Å². The first-order chi connectivity index (χ1) is 9.40. The Balaban J connectivity index is 2.35. The summed E-state index contributed by atoms with van der Waals surface area (Å²) in [6, 6.07) is -1.70. The summed E-state index contributed by atoms with van der Waals surface area (Å²) in [5.41, 5.74) is 4.88. The van der Waals surface area contributed by atoms with Gasteiger partial charge in [0, 0.05) is 0 Å². The van der Waals surface area contributed by atoms with Crippen molar-refractivity contribution in [3.8, 4) is 0 Å². The van der Waals surface area contributed by atoms with Crippen LogP contribution in [0.3, 0.4) is 0 Å². The molecule has 2 unspecified atom stereocenters. The van der Waals surface area contributed by atoms with Gasteiger partial charge < -0.3 is 26.8 Å². The number of hydrogen-bond donors (Lipinski definition) is 5. The van der Waals surface area contributed by atoms with Crippen molar-refractivity contribution in [3.63, 3.8) is 0 Å². The first-order valence-corrected chi connectivity index (χ1v) is 6.21. The molecule has 112 valence electrons. The summed E-state index contributed by atoms with van der Waals surface area (Å²) < 4.78 is 0. The Bertz CT molecular complexity index is 406. The molecule has 0 aliphatic carbocycles. The minimum atomic E-state index is -1.39. The molecule has 1 saturated heterocycles. The van der Waals surface area contributed by atoms with Crippen molar-refractivity contribution in [2.24, 2.45) is 5.73 Å². The predicted octanol–water partition coefficient (Wildman–Crippen LogP) is -2.70. The largest absolute Gasteiger partial charge is 0.480 e. The van der Waals surface area contributed by atoms with Gasteiger partial charge in [0.15, 0.2) is 0 Å². The number of nitrogens with one attached hydrogen (secondary N) is 3. The minimum absolute atomic E-state index is 0.306. The zero-order valence-electron chi connectivity index (χ0n) is 10.8. The average Bonchev–Trinajstić information content (AvgIpc) is 2.88. The third-order valence-electron chi connectivity index (χ3n) is 2.84. The summed E-state index contributed by atoms with van der Waals surface area (Å²) in [5, 5.41) is 16.3. The van der Waals surface area contributed by atoms with Crippen LogP contribution in [0.5, 0.6) is 0 Å². The predicted molar refractivity (Wildman–Crippen MR) is 67.4 cm³/mol. The van der Waals surface area contributed by atoms with Crippen molar-refractivity contribution >= 4 is 23.7 Å². The van der Waals surface area contributed by atoms with Crippen LogP contribution in [-0.4, -0.2) is 54.0 Å². The molecule has 9 nitrogen and oxygen atoms in total. The number of amides is 3. The Morgan fingerprint density at radius 3 is 2.55 bits per heavy atom. The van der Waals surface area contributed by atoms with Crippen molar-refractivity contribution in [1.82, 2.24) is 16.0 Å². The second-order valence-electron chi connectivity index (χ2n) is 4.50. The SMILES string of the molecule is NC(=O)CC(NC(=O)CNC(=O)C1CCCN1)C(=O)O. The van der Waals surface area contributed by atoms with E-state index in [2.05, 4.69) is 16.0 Å². The molecule has 0 radical (unpaired) electrons. The summed E-state index contributed by atoms with van der Waals surface area (Å²) in [6.45, 7) is 0.406. The molecule has 1 fully saturated rings. The van der Waals surface area contributed by atoms with Crippen molar-refractivity contribution in [2.45, 2.75) is 31.3 Å². The molecule has 0 bridgehead atoms. The van der Waals surface area contributed by atoms with E-state index in [1.54, 1.807) is 0 Å². The van der Waals surface area contributed by atoms with E-state index < -0.39 is 30.2 Å². The molecule has 2 atom stereocenters. The highest BCUT2D eigenvalue weighted by Gasteiger charge is 2.24. The van der Waals surface area contributed by atoms with E-state index in [0.29, 0.717) is 6.42 Å². The molecule has 0 aromatic carbocycles. The maximum atomic E-state index is 11.6. The number of carbonyl (C=O) groups excluding carboxylic acids is 3. The average molecular weight is 286 g/mol. The second kappa shape index (κ2) is 7.43. The van der Waals surface area contributed by atoms with Gasteiger partial charge >= 0.3 is 5.97 Å². The monoisotopic (exact) mass is 286 g/mol. The van der Waals surface area contributed by atoms with Crippen LogP contribution >= 0.6 is 0 Å². The normalized spacial score (nSPS) is 19.1. The van der Waals surface area contributed by atoms with E-state index >= 15 is 0 Å². The lowest BCUT2D eigenvalue weighted by molar-refractivity contribution is -0.143. The van der Waals surface area contributed by atoms with Crippen LogP contribution in [0.15, 0.2) is 0 Å². The molecule has 9 heteroatoms. The first-order valence-electron chi connectivity index (χ1n) is 6.21. The fourth-order valence-corrected chi connectivity index (χ4v) is 1.85. The molecule has 20 heavy (non-hydrogen) atoms. The van der Waals surface area contributed by atoms with Gasteiger partial charge in [0.1, 0.15) is 6.04 Å². The third-order valence-corrected chi connectivity index (χ3v) is 2.84. The Morgan fingerprint density at radius 1 is 1.35 bits per heavy atom. The molecular weight excluding hydrogens is 268 g/mol. The Morgan fingerprint density at radius 2 is 2.05 bits per heavy atom. The standard InChI is InChI=1S/C11H18N4O5/c12-8(16)4-7(11(19)20)15-9(17)5-14-10(18)6-2-1-3-13-6/h6-7,13H,1-5H2,(H2,12,16)(H,14,18)(H,15,17)(H,19,20). The van der Waals surface area contributed by atoms with Gasteiger partial charge in [-0.15, -0.1) is 0 Å². The molecule has 1 rings (SSSR count). The van der Waals surface area contributed by atoms with E-state index in [-0.39, 0.29) is 18.5 Å². The number of carboxylic acid groups (broad SMARTS) is 1. The van der Waals surface area contributed by atoms with Gasteiger partial charge in [-0.3, -0.25) is 14.4 Å². The first kappa shape index (κ1) is 15.9. The molecule has 1 heterocycles. The quantitative estimate of drug-likeness (QED) is 0.343. The van der Waals surface area contributed by atoms with Gasteiger partial charge in [0.25, 0.3) is 0 Å². The van der Waals surface area contributed by atoms with Gasteiger partial charge in [-0.1, -0.05) is 0 Å². The third kappa shape index (κ3) is 5.22. The van der Waals surface area contributed by atoms with E-state index in [9.17, 15) is 19.2 Å². The smallest absolute Gasteiger partial charge is 0.326 e. The van der Waals surface area contributed by atoms with Gasteiger partial charge in [-0.2, -0.15) is 0 Å². The van der Waals surface area contributed by atoms with Gasteiger partial charge in [-0.25, -0.2) is 4.79 Å². The fourth-order valence-electron chi connectivity index (χ4n) is 1.85. The molecule has 1 aliphatic heterocycles. The molecule has 0 aromatic rings. The maximum Gasteiger partial charge on any atom is 0.326 e. The lowest BCUT2D eigenvalue weighted by atomic mass is 10.2. The van der Waals surface area contributed by atoms with Crippen LogP contribution in [-0.2, 0) is 19.2 Å². The van der Waals surface area contributed by atoms with Gasteiger partial charge in [-0.05, 0) is 19.4 Å². The molecule has 0 aromatic heterocycles.